The van der Waals surface area contributed by atoms with Crippen LogP contribution in [-0.2, 0) is 14.3 Å². The number of hydrogen-bond donors (Lipinski definition) is 1. The Morgan fingerprint density at radius 3 is 2.70 bits per heavy atom. The second kappa shape index (κ2) is 8.71. The lowest BCUT2D eigenvalue weighted by Gasteiger charge is -2.23. The van der Waals surface area contributed by atoms with Crippen molar-refractivity contribution in [3.8, 4) is 0 Å². The Bertz CT molecular complexity index is 418. The molecule has 0 saturated carbocycles. The molecule has 5 nitrogen and oxygen atoms in total. The molecule has 0 aliphatic heterocycles. The van der Waals surface area contributed by atoms with Gasteiger partial charge in [-0.05, 0) is 32.5 Å². The van der Waals surface area contributed by atoms with Gasteiger partial charge in [-0.3, -0.25) is 9.59 Å². The molecule has 1 rings (SSSR count). The molecule has 0 aromatic carbocycles. The Hall–Kier alpha value is -1.40. The minimum atomic E-state index is -0.329. The Morgan fingerprint density at radius 1 is 1.40 bits per heavy atom. The molecule has 0 saturated heterocycles. The molecular formula is C14H22N2O3S. The Kier molecular flexibility index (Phi) is 7.25. The summed E-state index contributed by atoms with van der Waals surface area (Å²) in [6, 6.07) is 4.21. The molecule has 1 atom stereocenters. The van der Waals surface area contributed by atoms with E-state index in [0.29, 0.717) is 13.2 Å². The number of thiophene rings is 1. The number of esters is 1. The fraction of sp³-hybridized carbons (Fsp3) is 0.571. The predicted molar refractivity (Wildman–Crippen MR) is 79.6 cm³/mol. The summed E-state index contributed by atoms with van der Waals surface area (Å²) in [7, 11) is 3.96. The molecular weight excluding hydrogens is 276 g/mol. The number of amides is 1. The number of likely N-dealkylation sites (N-methyl/N-ethyl adjacent to an activating group) is 1. The van der Waals surface area contributed by atoms with E-state index in [0.717, 1.165) is 0 Å². The summed E-state index contributed by atoms with van der Waals surface area (Å²) in [5.41, 5.74) is 0. The fourth-order valence-electron chi connectivity index (χ4n) is 1.77. The number of carbonyl (C=O) groups is 2. The monoisotopic (exact) mass is 298 g/mol. The third-order valence-electron chi connectivity index (χ3n) is 2.85. The molecule has 1 unspecified atom stereocenters. The maximum atomic E-state index is 11.7. The van der Waals surface area contributed by atoms with Crippen LogP contribution in [0.1, 0.15) is 30.7 Å². The van der Waals surface area contributed by atoms with Crippen LogP contribution in [0.4, 0.5) is 0 Å². The van der Waals surface area contributed by atoms with Crippen LogP contribution >= 0.6 is 11.3 Å². The summed E-state index contributed by atoms with van der Waals surface area (Å²) >= 11 is 1.67. The Balaban J connectivity index is 2.36. The highest BCUT2D eigenvalue weighted by Crippen LogP contribution is 2.22. The maximum absolute atomic E-state index is 11.7. The van der Waals surface area contributed by atoms with E-state index in [2.05, 4.69) is 16.3 Å². The van der Waals surface area contributed by atoms with Gasteiger partial charge in [0.25, 0.3) is 0 Å². The molecule has 0 radical (unpaired) electrons. The smallest absolute Gasteiger partial charge is 0.306 e. The highest BCUT2D eigenvalue weighted by atomic mass is 32.1. The van der Waals surface area contributed by atoms with Crippen molar-refractivity contribution in [2.75, 3.05) is 27.2 Å². The van der Waals surface area contributed by atoms with Gasteiger partial charge < -0.3 is 15.0 Å². The molecule has 20 heavy (non-hydrogen) atoms. The van der Waals surface area contributed by atoms with Crippen LogP contribution in [-0.4, -0.2) is 44.0 Å². The van der Waals surface area contributed by atoms with Crippen molar-refractivity contribution in [3.05, 3.63) is 22.4 Å². The molecule has 112 valence electrons. The molecule has 6 heteroatoms. The molecule has 0 spiro atoms. The van der Waals surface area contributed by atoms with Gasteiger partial charge in [-0.25, -0.2) is 0 Å². The number of hydrogen-bond acceptors (Lipinski definition) is 5. The molecule has 1 amide bonds. The van der Waals surface area contributed by atoms with Crippen LogP contribution in [0.25, 0.3) is 0 Å². The van der Waals surface area contributed by atoms with Crippen LogP contribution in [0.15, 0.2) is 17.5 Å². The summed E-state index contributed by atoms with van der Waals surface area (Å²) in [4.78, 5) is 26.2. The van der Waals surface area contributed by atoms with E-state index >= 15 is 0 Å². The Labute approximate surface area is 123 Å². The van der Waals surface area contributed by atoms with Gasteiger partial charge in [0.05, 0.1) is 19.1 Å². The van der Waals surface area contributed by atoms with Gasteiger partial charge in [0.2, 0.25) is 5.91 Å². The number of nitrogens with one attached hydrogen (secondary N) is 1. The molecule has 1 aromatic rings. The van der Waals surface area contributed by atoms with E-state index in [-0.39, 0.29) is 30.8 Å². The average molecular weight is 298 g/mol. The first-order chi connectivity index (χ1) is 9.54. The van der Waals surface area contributed by atoms with E-state index in [1.54, 1.807) is 18.3 Å². The first-order valence-corrected chi connectivity index (χ1v) is 7.54. The van der Waals surface area contributed by atoms with Crippen molar-refractivity contribution < 1.29 is 14.3 Å². The number of carbonyl (C=O) groups excluding carboxylic acids is 2. The first-order valence-electron chi connectivity index (χ1n) is 6.66. The third-order valence-corrected chi connectivity index (χ3v) is 3.82. The normalized spacial score (nSPS) is 12.2. The summed E-state index contributed by atoms with van der Waals surface area (Å²) < 4.78 is 4.79. The lowest BCUT2D eigenvalue weighted by atomic mass is 10.2. The Morgan fingerprint density at radius 2 is 2.15 bits per heavy atom. The lowest BCUT2D eigenvalue weighted by molar-refractivity contribution is -0.144. The van der Waals surface area contributed by atoms with Gasteiger partial charge in [-0.1, -0.05) is 6.07 Å². The molecule has 0 aliphatic carbocycles. The summed E-state index contributed by atoms with van der Waals surface area (Å²) in [5, 5.41) is 4.89. The predicted octanol–water partition coefficient (Wildman–Crippen LogP) is 1.81. The highest BCUT2D eigenvalue weighted by Gasteiger charge is 2.16. The SMILES string of the molecule is CCOC(=O)CCC(=O)NCC(c1cccs1)N(C)C. The van der Waals surface area contributed by atoms with Crippen molar-refractivity contribution in [3.63, 3.8) is 0 Å². The second-order valence-electron chi connectivity index (χ2n) is 4.60. The van der Waals surface area contributed by atoms with Crippen molar-refractivity contribution in [1.29, 1.82) is 0 Å². The van der Waals surface area contributed by atoms with E-state index < -0.39 is 0 Å². The van der Waals surface area contributed by atoms with Crippen LogP contribution < -0.4 is 5.32 Å². The summed E-state index contributed by atoms with van der Waals surface area (Å²) in [6.45, 7) is 2.64. The summed E-state index contributed by atoms with van der Waals surface area (Å²) in [6.07, 6.45) is 0.300. The molecule has 1 heterocycles. The van der Waals surface area contributed by atoms with Crippen LogP contribution in [0.2, 0.25) is 0 Å². The quantitative estimate of drug-likeness (QED) is 0.744. The van der Waals surface area contributed by atoms with E-state index in [9.17, 15) is 9.59 Å². The van der Waals surface area contributed by atoms with Gasteiger partial charge in [0.15, 0.2) is 0 Å². The fourth-order valence-corrected chi connectivity index (χ4v) is 2.69. The average Bonchev–Trinajstić information content (AvgIpc) is 2.90. The standard InChI is InChI=1S/C14H22N2O3S/c1-4-19-14(18)8-7-13(17)15-10-11(16(2)3)12-6-5-9-20-12/h5-6,9,11H,4,7-8,10H2,1-3H3,(H,15,17). The zero-order valence-electron chi connectivity index (χ0n) is 12.2. The highest BCUT2D eigenvalue weighted by molar-refractivity contribution is 7.10. The van der Waals surface area contributed by atoms with Gasteiger partial charge in [-0.2, -0.15) is 0 Å². The maximum Gasteiger partial charge on any atom is 0.306 e. The third kappa shape index (κ3) is 5.71. The second-order valence-corrected chi connectivity index (χ2v) is 5.58. The minimum Gasteiger partial charge on any atom is -0.466 e. The topological polar surface area (TPSA) is 58.6 Å². The summed E-state index contributed by atoms with van der Waals surface area (Å²) in [5.74, 6) is -0.452. The van der Waals surface area contributed by atoms with Crippen molar-refractivity contribution in [2.45, 2.75) is 25.8 Å². The van der Waals surface area contributed by atoms with Crippen molar-refractivity contribution in [1.82, 2.24) is 10.2 Å². The van der Waals surface area contributed by atoms with Gasteiger partial charge in [-0.15, -0.1) is 11.3 Å². The van der Waals surface area contributed by atoms with Crippen molar-refractivity contribution in [2.24, 2.45) is 0 Å². The van der Waals surface area contributed by atoms with Crippen LogP contribution in [0.3, 0.4) is 0 Å². The molecule has 0 bridgehead atoms. The minimum absolute atomic E-state index is 0.124. The first kappa shape index (κ1) is 16.7. The van der Waals surface area contributed by atoms with Crippen molar-refractivity contribution >= 4 is 23.2 Å². The molecule has 0 aliphatic rings. The van der Waals surface area contributed by atoms with Crippen LogP contribution in [0, 0.1) is 0 Å². The van der Waals surface area contributed by atoms with Crippen LogP contribution in [0.5, 0.6) is 0 Å². The molecule has 1 aromatic heterocycles. The molecule has 1 N–H and O–H groups in total. The number of nitrogens with zero attached hydrogens (tertiary/aromatic N) is 1. The number of ether oxygens (including phenoxy) is 1. The largest absolute Gasteiger partial charge is 0.466 e. The zero-order chi connectivity index (χ0) is 15.0. The van der Waals surface area contributed by atoms with E-state index in [1.807, 2.05) is 25.5 Å². The zero-order valence-corrected chi connectivity index (χ0v) is 13.0. The number of rotatable bonds is 8. The van der Waals surface area contributed by atoms with E-state index in [1.165, 1.54) is 4.88 Å². The van der Waals surface area contributed by atoms with Gasteiger partial charge in [0.1, 0.15) is 0 Å². The molecule has 0 fully saturated rings. The lowest BCUT2D eigenvalue weighted by Crippen LogP contribution is -2.34. The van der Waals surface area contributed by atoms with Gasteiger partial charge >= 0.3 is 5.97 Å². The van der Waals surface area contributed by atoms with Gasteiger partial charge in [0, 0.05) is 17.8 Å². The van der Waals surface area contributed by atoms with E-state index in [4.69, 9.17) is 4.74 Å².